The van der Waals surface area contributed by atoms with Gasteiger partial charge in [0.15, 0.2) is 15.5 Å². The number of hydrogen-bond donors (Lipinski definition) is 3. The van der Waals surface area contributed by atoms with Crippen molar-refractivity contribution in [2.75, 3.05) is 18.1 Å². The maximum Gasteiger partial charge on any atom is 0.435 e. The van der Waals surface area contributed by atoms with Crippen molar-refractivity contribution < 1.29 is 35.9 Å². The second-order valence-electron chi connectivity index (χ2n) is 13.0. The number of amides is 2. The number of hydrogen-bond acceptors (Lipinski definition) is 7. The van der Waals surface area contributed by atoms with Crippen LogP contribution in [0.5, 0.6) is 0 Å². The van der Waals surface area contributed by atoms with E-state index in [9.17, 15) is 31.2 Å². The largest absolute Gasteiger partial charge is 0.444 e. The molecule has 1 saturated carbocycles. The van der Waals surface area contributed by atoms with Gasteiger partial charge in [-0.15, -0.1) is 0 Å². The molecule has 1 unspecified atom stereocenters. The molecule has 3 aromatic carbocycles. The Labute approximate surface area is 283 Å². The molecule has 0 saturated heterocycles. The van der Waals surface area contributed by atoms with Crippen LogP contribution in [0.4, 0.5) is 23.7 Å². The van der Waals surface area contributed by atoms with E-state index in [2.05, 4.69) is 21.0 Å². The number of carbonyl (C=O) groups is 2. The second kappa shape index (κ2) is 14.0. The number of benzene rings is 3. The van der Waals surface area contributed by atoms with Gasteiger partial charge in [-0.05, 0) is 93.1 Å². The van der Waals surface area contributed by atoms with Gasteiger partial charge in [0.05, 0.1) is 16.6 Å². The Bertz CT molecular complexity index is 1950. The third-order valence-corrected chi connectivity index (χ3v) is 8.81. The number of anilines is 1. The van der Waals surface area contributed by atoms with Crippen molar-refractivity contribution in [3.05, 3.63) is 107 Å². The van der Waals surface area contributed by atoms with Crippen LogP contribution in [0.1, 0.15) is 72.5 Å². The van der Waals surface area contributed by atoms with E-state index in [1.165, 1.54) is 12.1 Å². The highest BCUT2D eigenvalue weighted by Crippen LogP contribution is 2.34. The molecule has 14 heteroatoms. The van der Waals surface area contributed by atoms with Gasteiger partial charge in [0.25, 0.3) is 5.91 Å². The van der Waals surface area contributed by atoms with Gasteiger partial charge in [-0.3, -0.25) is 4.79 Å². The van der Waals surface area contributed by atoms with Crippen molar-refractivity contribution in [3.8, 4) is 5.69 Å². The van der Waals surface area contributed by atoms with Crippen LogP contribution in [-0.2, 0) is 27.3 Å². The number of halogens is 3. The zero-order chi connectivity index (χ0) is 35.6. The lowest BCUT2D eigenvalue weighted by atomic mass is 9.97. The van der Waals surface area contributed by atoms with Crippen LogP contribution in [0.25, 0.3) is 5.69 Å². The van der Waals surface area contributed by atoms with Gasteiger partial charge in [0.2, 0.25) is 0 Å². The predicted molar refractivity (Wildman–Crippen MR) is 178 cm³/mol. The highest BCUT2D eigenvalue weighted by atomic mass is 32.2. The molecule has 10 nitrogen and oxygen atoms in total. The number of sulfone groups is 1. The van der Waals surface area contributed by atoms with E-state index in [4.69, 9.17) is 4.74 Å². The fraction of sp³-hybridized carbons (Fsp3) is 0.343. The summed E-state index contributed by atoms with van der Waals surface area (Å²) in [7, 11) is -3.57. The first-order valence-electron chi connectivity index (χ1n) is 15.6. The number of ether oxygens (including phenoxy) is 1. The minimum absolute atomic E-state index is 0.0167. The Balaban J connectivity index is 1.44. The van der Waals surface area contributed by atoms with Gasteiger partial charge >= 0.3 is 12.3 Å². The molecule has 1 heterocycles. The zero-order valence-corrected chi connectivity index (χ0v) is 28.3. The summed E-state index contributed by atoms with van der Waals surface area (Å²) in [6, 6.07) is 19.8. The molecule has 5 rings (SSSR count). The number of nitrogens with zero attached hydrogens (tertiary/aromatic N) is 2. The minimum atomic E-state index is -4.83. The number of nitrogens with one attached hydrogen (secondary N) is 3. The monoisotopic (exact) mass is 697 g/mol. The number of carbonyl (C=O) groups excluding carboxylic acids is 2. The van der Waals surface area contributed by atoms with Gasteiger partial charge in [-0.25, -0.2) is 17.9 Å². The Morgan fingerprint density at radius 2 is 1.69 bits per heavy atom. The van der Waals surface area contributed by atoms with Crippen molar-refractivity contribution in [2.24, 2.45) is 5.92 Å². The maximum atomic E-state index is 13.8. The first-order chi connectivity index (χ1) is 23.0. The molecule has 0 aliphatic heterocycles. The van der Waals surface area contributed by atoms with E-state index in [0.717, 1.165) is 23.8 Å². The molecule has 1 fully saturated rings. The number of alkyl carbamates (subject to hydrolysis) is 1. The van der Waals surface area contributed by atoms with Gasteiger partial charge in [0, 0.05) is 24.6 Å². The lowest BCUT2D eigenvalue weighted by Gasteiger charge is -2.23. The van der Waals surface area contributed by atoms with Crippen LogP contribution in [0.2, 0.25) is 0 Å². The molecule has 1 aromatic heterocycles. The SMILES string of the molecule is CC(C)(C)OC(=O)NCc1cccc(-n2nc(C(F)(F)F)cc2C(=O)Nc2cccc(C(NCC3CC3)c3ccccc3S(C)(=O)=O)c2)c1. The molecule has 3 N–H and O–H groups in total. The minimum Gasteiger partial charge on any atom is -0.444 e. The molecule has 1 aliphatic rings. The van der Waals surface area contributed by atoms with E-state index in [-0.39, 0.29) is 28.5 Å². The number of alkyl halides is 3. The van der Waals surface area contributed by atoms with Crippen molar-refractivity contribution in [2.45, 2.75) is 62.9 Å². The van der Waals surface area contributed by atoms with Gasteiger partial charge < -0.3 is 20.7 Å². The van der Waals surface area contributed by atoms with Crippen molar-refractivity contribution in [3.63, 3.8) is 0 Å². The zero-order valence-electron chi connectivity index (χ0n) is 27.5. The molecule has 49 heavy (non-hydrogen) atoms. The summed E-state index contributed by atoms with van der Waals surface area (Å²) in [5.74, 6) is -0.373. The smallest absolute Gasteiger partial charge is 0.435 e. The standard InChI is InChI=1S/C35H38F3N5O5S/c1-34(2,3)48-33(45)40-21-23-9-7-12-26(17-23)43-28(19-30(42-43)35(36,37)38)32(44)41-25-11-8-10-24(18-25)31(39-20-22-15-16-22)27-13-5-6-14-29(27)49(4,46)47/h5-14,17-19,22,31,39H,15-16,20-21H2,1-4H3,(H,40,45)(H,41,44). The van der Waals surface area contributed by atoms with Crippen LogP contribution < -0.4 is 16.0 Å². The molecular formula is C35H38F3N5O5S. The molecule has 1 aliphatic carbocycles. The first-order valence-corrected chi connectivity index (χ1v) is 17.5. The van der Waals surface area contributed by atoms with Crippen LogP contribution in [0.15, 0.2) is 83.8 Å². The highest BCUT2D eigenvalue weighted by molar-refractivity contribution is 7.90. The van der Waals surface area contributed by atoms with E-state index in [0.29, 0.717) is 35.2 Å². The van der Waals surface area contributed by atoms with Gasteiger partial charge in [-0.2, -0.15) is 18.3 Å². The fourth-order valence-corrected chi connectivity index (χ4v) is 6.17. The van der Waals surface area contributed by atoms with Crippen LogP contribution in [-0.4, -0.2) is 48.6 Å². The topological polar surface area (TPSA) is 131 Å². The van der Waals surface area contributed by atoms with Crippen molar-refractivity contribution in [1.29, 1.82) is 0 Å². The molecule has 260 valence electrons. The summed E-state index contributed by atoms with van der Waals surface area (Å²) in [4.78, 5) is 25.9. The lowest BCUT2D eigenvalue weighted by Crippen LogP contribution is -2.32. The summed E-state index contributed by atoms with van der Waals surface area (Å²) in [6.07, 6.45) is -2.21. The molecule has 4 aromatic rings. The molecular weight excluding hydrogens is 659 g/mol. The fourth-order valence-electron chi connectivity index (χ4n) is 5.23. The molecule has 2 amide bonds. The Morgan fingerprint density at radius 3 is 2.37 bits per heavy atom. The number of rotatable bonds is 11. The normalized spacial score (nSPS) is 14.3. The maximum absolute atomic E-state index is 13.8. The number of aromatic nitrogens is 2. The van der Waals surface area contributed by atoms with Crippen LogP contribution in [0, 0.1) is 5.92 Å². The molecule has 0 spiro atoms. The third-order valence-electron chi connectivity index (χ3n) is 7.64. The van der Waals surface area contributed by atoms with Gasteiger partial charge in [0.1, 0.15) is 11.3 Å². The van der Waals surface area contributed by atoms with Gasteiger partial charge in [-0.1, -0.05) is 42.5 Å². The Kier molecular flexibility index (Phi) is 10.2. The van der Waals surface area contributed by atoms with E-state index >= 15 is 0 Å². The molecule has 0 bridgehead atoms. The van der Waals surface area contributed by atoms with Crippen LogP contribution >= 0.6 is 0 Å². The predicted octanol–water partition coefficient (Wildman–Crippen LogP) is 6.66. The van der Waals surface area contributed by atoms with Crippen LogP contribution in [0.3, 0.4) is 0 Å². The lowest BCUT2D eigenvalue weighted by molar-refractivity contribution is -0.141. The summed E-state index contributed by atoms with van der Waals surface area (Å²) in [6.45, 7) is 5.82. The average Bonchev–Trinajstić information content (AvgIpc) is 3.72. The summed E-state index contributed by atoms with van der Waals surface area (Å²) >= 11 is 0. The summed E-state index contributed by atoms with van der Waals surface area (Å²) < 4.78 is 73.0. The summed E-state index contributed by atoms with van der Waals surface area (Å²) in [5, 5.41) is 12.5. The molecule has 0 radical (unpaired) electrons. The Hall–Kier alpha value is -4.69. The van der Waals surface area contributed by atoms with Crippen molar-refractivity contribution >= 4 is 27.5 Å². The van der Waals surface area contributed by atoms with E-state index in [1.54, 1.807) is 81.4 Å². The quantitative estimate of drug-likeness (QED) is 0.160. The first kappa shape index (κ1) is 35.6. The third kappa shape index (κ3) is 9.48. The highest BCUT2D eigenvalue weighted by Gasteiger charge is 2.36. The summed E-state index contributed by atoms with van der Waals surface area (Å²) in [5.41, 5.74) is -0.163. The van der Waals surface area contributed by atoms with E-state index in [1.807, 2.05) is 0 Å². The molecule has 1 atom stereocenters. The average molecular weight is 698 g/mol. The van der Waals surface area contributed by atoms with E-state index < -0.39 is 45.4 Å². The second-order valence-corrected chi connectivity index (χ2v) is 15.0. The Morgan fingerprint density at radius 1 is 0.980 bits per heavy atom. The van der Waals surface area contributed by atoms with Crippen molar-refractivity contribution in [1.82, 2.24) is 20.4 Å².